The van der Waals surface area contributed by atoms with Crippen molar-refractivity contribution < 1.29 is 30.4 Å². The first-order chi connectivity index (χ1) is 34.0. The van der Waals surface area contributed by atoms with Gasteiger partial charge in [-0.2, -0.15) is 6.07 Å². The van der Waals surface area contributed by atoms with Crippen molar-refractivity contribution in [1.29, 1.82) is 0 Å². The number of nitrogens with zero attached hydrogens (tertiary/aromatic N) is 5. The van der Waals surface area contributed by atoms with Gasteiger partial charge in [0.1, 0.15) is 5.82 Å². The molecule has 0 atom stereocenters. The molecule has 13 aromatic rings. The molecule has 4 aromatic heterocycles. The van der Waals surface area contributed by atoms with E-state index in [9.17, 15) is 0 Å². The van der Waals surface area contributed by atoms with Crippen molar-refractivity contribution in [2.45, 2.75) is 19.3 Å². The molecular weight excluding hydrogens is 1040 g/mol. The first-order valence-corrected chi connectivity index (χ1v) is 23.5. The predicted molar refractivity (Wildman–Crippen MR) is 276 cm³/mol. The van der Waals surface area contributed by atoms with Gasteiger partial charge in [-0.25, -0.2) is 4.98 Å². The van der Waals surface area contributed by atoms with Crippen LogP contribution in [0.2, 0.25) is 0 Å². The summed E-state index contributed by atoms with van der Waals surface area (Å²) >= 11 is 0. The zero-order valence-electron chi connectivity index (χ0n) is 38.0. The third-order valence-electron chi connectivity index (χ3n) is 14.6. The van der Waals surface area contributed by atoms with E-state index in [1.54, 1.807) is 0 Å². The molecule has 7 heteroatoms. The van der Waals surface area contributed by atoms with Crippen LogP contribution in [0, 0.1) is 18.5 Å². The second-order valence-corrected chi connectivity index (χ2v) is 18.7. The van der Waals surface area contributed by atoms with Gasteiger partial charge >= 0.3 is 0 Å². The van der Waals surface area contributed by atoms with Crippen LogP contribution in [0.15, 0.2) is 200 Å². The topological polar surface area (TPSA) is 40.8 Å². The molecule has 8 bridgehead atoms. The SMILES string of the molecule is CC1(C)c2ccc3[c-]c2-n2[c-][n+](c4cccc1c42)-c1c(-c2ccccc2)cccc1-c1ccccc1-c1cccc(n1)-n1c2[c-]c(c(-n4c5ccccc5c5ccccc54)cc2c2ccccc21)O3.[Pt]. The predicted octanol–water partition coefficient (Wildman–Crippen LogP) is 14.6. The van der Waals surface area contributed by atoms with Gasteiger partial charge in [-0.05, 0) is 80.3 Å². The smallest absolute Gasteiger partial charge is 0.268 e. The molecule has 0 N–H and O–H groups in total. The summed E-state index contributed by atoms with van der Waals surface area (Å²) < 4.78 is 16.4. The second kappa shape index (κ2) is 15.1. The van der Waals surface area contributed by atoms with Gasteiger partial charge in [0.2, 0.25) is 0 Å². The number of rotatable bonds is 2. The third kappa shape index (κ3) is 5.65. The molecule has 6 nitrogen and oxygen atoms in total. The van der Waals surface area contributed by atoms with E-state index in [0.717, 1.165) is 106 Å². The molecule has 0 aliphatic carbocycles. The maximum atomic E-state index is 7.31. The Balaban J connectivity index is 0.00000459. The molecule has 0 amide bonds. The molecule has 0 saturated carbocycles. The number of hydrogen-bond donors (Lipinski definition) is 0. The minimum absolute atomic E-state index is 0. The van der Waals surface area contributed by atoms with E-state index < -0.39 is 0 Å². The van der Waals surface area contributed by atoms with Crippen LogP contribution in [0.5, 0.6) is 11.5 Å². The average molecular weight is 1080 g/mol. The first-order valence-electron chi connectivity index (χ1n) is 23.5. The minimum Gasteiger partial charge on any atom is -0.508 e. The quantitative estimate of drug-likeness (QED) is 0.128. The molecule has 0 saturated heterocycles. The van der Waals surface area contributed by atoms with Gasteiger partial charge in [0.25, 0.3) is 6.33 Å². The van der Waals surface area contributed by atoms with Gasteiger partial charge in [-0.3, -0.25) is 4.57 Å². The Hall–Kier alpha value is -8.31. The number of pyridine rings is 1. The molecule has 0 fully saturated rings. The van der Waals surface area contributed by atoms with Crippen molar-refractivity contribution >= 4 is 54.6 Å². The Morgan fingerprint density at radius 2 is 1.16 bits per heavy atom. The van der Waals surface area contributed by atoms with Crippen molar-refractivity contribution in [3.05, 3.63) is 230 Å². The summed E-state index contributed by atoms with van der Waals surface area (Å²) in [5.41, 5.74) is 17.2. The summed E-state index contributed by atoms with van der Waals surface area (Å²) in [6.45, 7) is 4.62. The number of ether oxygens (including phenoxy) is 1. The molecule has 0 unspecified atom stereocenters. The van der Waals surface area contributed by atoms with Gasteiger partial charge in [-0.15, -0.1) is 29.8 Å². The molecule has 15 rings (SSSR count). The van der Waals surface area contributed by atoms with Crippen LogP contribution in [-0.4, -0.2) is 18.7 Å². The monoisotopic (exact) mass is 1080 g/mol. The molecule has 9 aromatic carbocycles. The van der Waals surface area contributed by atoms with Crippen molar-refractivity contribution in [2.24, 2.45) is 0 Å². The van der Waals surface area contributed by atoms with Gasteiger partial charge in [0.05, 0.1) is 22.4 Å². The van der Waals surface area contributed by atoms with E-state index in [1.165, 1.54) is 16.3 Å². The fourth-order valence-electron chi connectivity index (χ4n) is 11.5. The zero-order valence-corrected chi connectivity index (χ0v) is 40.3. The van der Waals surface area contributed by atoms with Crippen LogP contribution >= 0.6 is 0 Å². The van der Waals surface area contributed by atoms with E-state index in [4.69, 9.17) is 9.72 Å². The van der Waals surface area contributed by atoms with E-state index in [1.807, 2.05) is 0 Å². The number of para-hydroxylation sites is 5. The molecule has 2 aliphatic heterocycles. The van der Waals surface area contributed by atoms with Crippen LogP contribution in [-0.2, 0) is 26.5 Å². The van der Waals surface area contributed by atoms with E-state index in [-0.39, 0.29) is 26.5 Å². The summed E-state index contributed by atoms with van der Waals surface area (Å²) in [5.74, 6) is 1.93. The summed E-state index contributed by atoms with van der Waals surface area (Å²) in [7, 11) is 0. The molecule has 0 radical (unpaired) electrons. The van der Waals surface area contributed by atoms with E-state index >= 15 is 0 Å². The maximum absolute atomic E-state index is 7.31. The summed E-state index contributed by atoms with van der Waals surface area (Å²) in [4.78, 5) is 5.58. The average Bonchev–Trinajstić information content (AvgIpc) is 4.06. The number of hydrogen-bond acceptors (Lipinski definition) is 2. The fourth-order valence-corrected chi connectivity index (χ4v) is 11.5. The minimum atomic E-state index is -0.368. The number of benzene rings is 9. The van der Waals surface area contributed by atoms with Crippen molar-refractivity contribution in [3.63, 3.8) is 0 Å². The number of imidazole rings is 1. The van der Waals surface area contributed by atoms with Crippen molar-refractivity contribution in [1.82, 2.24) is 18.7 Å². The Bertz CT molecular complexity index is 4270. The Morgan fingerprint density at radius 1 is 0.529 bits per heavy atom. The van der Waals surface area contributed by atoms with Gasteiger partial charge < -0.3 is 18.4 Å². The standard InChI is InChI=1S/C63H39N5O.Pt/c1-63(2)49-34-33-40-35-57(49)66-38-65(55-31-15-26-50(63)62(55)66)61-41(39-17-4-3-5-18-39)24-14-25-47(61)42-19-6-7-20-43(42)51-27-16-32-60(64-51)68-54-30-13-10-23-46(54)48-36-58(59(69-40)37-56(48)68)67-52-28-11-8-21-44(52)45-22-9-12-29-53(45)67;/h3-34,36H,1-2H3;/q-2;. The largest absolute Gasteiger partial charge is 0.508 e. The molecule has 334 valence electrons. The van der Waals surface area contributed by atoms with Gasteiger partial charge in [0.15, 0.2) is 0 Å². The Morgan fingerprint density at radius 3 is 1.93 bits per heavy atom. The normalized spacial score (nSPS) is 13.1. The van der Waals surface area contributed by atoms with Crippen LogP contribution in [0.3, 0.4) is 0 Å². The van der Waals surface area contributed by atoms with Crippen LogP contribution in [0.4, 0.5) is 0 Å². The van der Waals surface area contributed by atoms with E-state index in [2.05, 4.69) is 251 Å². The van der Waals surface area contributed by atoms with Gasteiger partial charge in [0, 0.05) is 65.5 Å². The van der Waals surface area contributed by atoms with E-state index in [0.29, 0.717) is 11.5 Å². The zero-order chi connectivity index (χ0) is 45.5. The molecule has 6 heterocycles. The second-order valence-electron chi connectivity index (χ2n) is 18.7. The van der Waals surface area contributed by atoms with Crippen molar-refractivity contribution in [3.8, 4) is 67.9 Å². The Labute approximate surface area is 418 Å². The molecule has 2 aliphatic rings. The van der Waals surface area contributed by atoms with Gasteiger partial charge in [-0.1, -0.05) is 176 Å². The summed E-state index contributed by atoms with van der Waals surface area (Å²) in [6, 6.07) is 79.1. The first kappa shape index (κ1) is 40.7. The molecule has 0 spiro atoms. The van der Waals surface area contributed by atoms with Crippen LogP contribution < -0.4 is 9.30 Å². The molecular formula is C63H39N5OPt-2. The molecule has 70 heavy (non-hydrogen) atoms. The summed E-state index contributed by atoms with van der Waals surface area (Å²) in [6.07, 6.45) is 3.95. The van der Waals surface area contributed by atoms with Crippen LogP contribution in [0.1, 0.15) is 25.0 Å². The number of aromatic nitrogens is 5. The fraction of sp³-hybridized carbons (Fsp3) is 0.0476. The van der Waals surface area contributed by atoms with Crippen LogP contribution in [0.25, 0.3) is 111 Å². The summed E-state index contributed by atoms with van der Waals surface area (Å²) in [5, 5.41) is 4.48. The third-order valence-corrected chi connectivity index (χ3v) is 14.6. The maximum Gasteiger partial charge on any atom is 0.268 e. The Kier molecular flexibility index (Phi) is 8.78. The number of fused-ring (bicyclic) bond motifs is 18. The van der Waals surface area contributed by atoms with Crippen molar-refractivity contribution in [2.75, 3.05) is 0 Å².